The second kappa shape index (κ2) is 8.36. The molecule has 2 aliphatic rings. The third kappa shape index (κ3) is 4.07. The van der Waals surface area contributed by atoms with Crippen LogP contribution in [0.3, 0.4) is 0 Å². The Morgan fingerprint density at radius 1 is 1.14 bits per heavy atom. The molecule has 1 saturated heterocycles. The van der Waals surface area contributed by atoms with Crippen LogP contribution in [-0.2, 0) is 20.9 Å². The Kier molecular flexibility index (Phi) is 5.68. The molecule has 1 aromatic heterocycles. The van der Waals surface area contributed by atoms with E-state index in [1.807, 2.05) is 41.8 Å². The number of thiophene rings is 1. The number of hydrogen-bond acceptors (Lipinski definition) is 5. The highest BCUT2D eigenvalue weighted by molar-refractivity contribution is 8.01. The van der Waals surface area contributed by atoms with Crippen LogP contribution in [-0.4, -0.2) is 41.0 Å². The number of para-hydroxylation sites is 1. The summed E-state index contributed by atoms with van der Waals surface area (Å²) >= 11 is 2.92. The molecule has 3 amide bonds. The topological polar surface area (TPSA) is 78.5 Å². The van der Waals surface area contributed by atoms with Crippen molar-refractivity contribution in [3.63, 3.8) is 0 Å². The van der Waals surface area contributed by atoms with Crippen LogP contribution in [0.25, 0.3) is 0 Å². The molecule has 8 heteroatoms. The largest absolute Gasteiger partial charge is 0.351 e. The molecule has 28 heavy (non-hydrogen) atoms. The smallest absolute Gasteiger partial charge is 0.247 e. The predicted octanol–water partition coefficient (Wildman–Crippen LogP) is 2.72. The number of fused-ring (bicyclic) bond motifs is 1. The first kappa shape index (κ1) is 19.0. The van der Waals surface area contributed by atoms with Crippen molar-refractivity contribution in [1.82, 2.24) is 10.2 Å². The lowest BCUT2D eigenvalue weighted by molar-refractivity contribution is -0.137. The number of hydrogen-bond donors (Lipinski definition) is 2. The zero-order valence-electron chi connectivity index (χ0n) is 15.2. The molecule has 1 aromatic carbocycles. The summed E-state index contributed by atoms with van der Waals surface area (Å²) in [6.07, 6.45) is 1.25. The first-order valence-corrected chi connectivity index (χ1v) is 11.0. The molecule has 2 aromatic rings. The number of thioether (sulfide) groups is 1. The Labute approximate surface area is 171 Å². The highest BCUT2D eigenvalue weighted by Gasteiger charge is 2.37. The van der Waals surface area contributed by atoms with Crippen molar-refractivity contribution in [3.05, 3.63) is 46.7 Å². The van der Waals surface area contributed by atoms with Crippen molar-refractivity contribution in [2.24, 2.45) is 5.92 Å². The number of likely N-dealkylation sites (tertiary alicyclic amines) is 1. The third-order valence-electron chi connectivity index (χ3n) is 5.05. The molecule has 1 atom stereocenters. The van der Waals surface area contributed by atoms with Crippen LogP contribution in [0, 0.1) is 5.92 Å². The Morgan fingerprint density at radius 3 is 2.68 bits per heavy atom. The Hall–Kier alpha value is -2.32. The van der Waals surface area contributed by atoms with Gasteiger partial charge in [-0.15, -0.1) is 23.1 Å². The average Bonchev–Trinajstić information content (AvgIpc) is 3.25. The van der Waals surface area contributed by atoms with Crippen molar-refractivity contribution in [2.75, 3.05) is 18.4 Å². The Balaban J connectivity index is 1.30. The fourth-order valence-electron chi connectivity index (χ4n) is 3.47. The molecule has 0 aliphatic carbocycles. The molecule has 0 radical (unpaired) electrons. The quantitative estimate of drug-likeness (QED) is 0.753. The van der Waals surface area contributed by atoms with Crippen LogP contribution in [0.1, 0.15) is 17.7 Å². The monoisotopic (exact) mass is 415 g/mol. The van der Waals surface area contributed by atoms with E-state index in [1.165, 1.54) is 11.8 Å². The number of rotatable bonds is 4. The van der Waals surface area contributed by atoms with Gasteiger partial charge < -0.3 is 15.5 Å². The average molecular weight is 416 g/mol. The first-order valence-electron chi connectivity index (χ1n) is 9.27. The van der Waals surface area contributed by atoms with E-state index in [0.29, 0.717) is 32.5 Å². The van der Waals surface area contributed by atoms with E-state index >= 15 is 0 Å². The highest BCUT2D eigenvalue weighted by Crippen LogP contribution is 2.36. The number of amides is 3. The van der Waals surface area contributed by atoms with Gasteiger partial charge in [-0.2, -0.15) is 0 Å². The number of carbonyl (C=O) groups excluding carboxylic acids is 3. The minimum Gasteiger partial charge on any atom is -0.351 e. The van der Waals surface area contributed by atoms with E-state index in [9.17, 15) is 14.4 Å². The standard InChI is InChI=1S/C20H21N3O3S2/c24-18(21-12-14-4-3-11-27-14)13-7-9-23(10-8-13)20(26)17-19(25)22-15-5-1-2-6-16(15)28-17/h1-6,11,13,17H,7-10,12H2,(H,21,24)(H,22,25). The summed E-state index contributed by atoms with van der Waals surface area (Å²) in [6, 6.07) is 11.5. The molecule has 0 spiro atoms. The molecular weight excluding hydrogens is 394 g/mol. The van der Waals surface area contributed by atoms with Gasteiger partial charge in [-0.3, -0.25) is 14.4 Å². The van der Waals surface area contributed by atoms with Crippen LogP contribution >= 0.6 is 23.1 Å². The maximum Gasteiger partial charge on any atom is 0.247 e. The van der Waals surface area contributed by atoms with Gasteiger partial charge in [0.05, 0.1) is 12.2 Å². The predicted molar refractivity (Wildman–Crippen MR) is 110 cm³/mol. The van der Waals surface area contributed by atoms with E-state index in [0.717, 1.165) is 15.5 Å². The van der Waals surface area contributed by atoms with Gasteiger partial charge in [0.15, 0.2) is 5.25 Å². The molecular formula is C20H21N3O3S2. The molecule has 0 saturated carbocycles. The van der Waals surface area contributed by atoms with Gasteiger partial charge in [0, 0.05) is 28.8 Å². The van der Waals surface area contributed by atoms with Gasteiger partial charge in [-0.25, -0.2) is 0 Å². The zero-order chi connectivity index (χ0) is 19.5. The van der Waals surface area contributed by atoms with E-state index in [1.54, 1.807) is 16.2 Å². The van der Waals surface area contributed by atoms with Gasteiger partial charge in [-0.1, -0.05) is 18.2 Å². The first-order chi connectivity index (χ1) is 13.6. The van der Waals surface area contributed by atoms with Crippen LogP contribution in [0.4, 0.5) is 5.69 Å². The van der Waals surface area contributed by atoms with Crippen LogP contribution in [0.2, 0.25) is 0 Å². The van der Waals surface area contributed by atoms with Crippen molar-refractivity contribution in [3.8, 4) is 0 Å². The molecule has 3 heterocycles. The van der Waals surface area contributed by atoms with Gasteiger partial charge >= 0.3 is 0 Å². The molecule has 1 unspecified atom stereocenters. The van der Waals surface area contributed by atoms with E-state index < -0.39 is 5.25 Å². The van der Waals surface area contributed by atoms with Gasteiger partial charge in [0.2, 0.25) is 17.7 Å². The van der Waals surface area contributed by atoms with Crippen molar-refractivity contribution < 1.29 is 14.4 Å². The number of nitrogens with zero attached hydrogens (tertiary/aromatic N) is 1. The second-order valence-electron chi connectivity index (χ2n) is 6.88. The Morgan fingerprint density at radius 2 is 1.93 bits per heavy atom. The minimum absolute atomic E-state index is 0.0409. The van der Waals surface area contributed by atoms with Gasteiger partial charge in [-0.05, 0) is 36.4 Å². The van der Waals surface area contributed by atoms with E-state index in [-0.39, 0.29) is 23.6 Å². The van der Waals surface area contributed by atoms with Gasteiger partial charge in [0.25, 0.3) is 0 Å². The number of benzene rings is 1. The maximum absolute atomic E-state index is 12.9. The summed E-state index contributed by atoms with van der Waals surface area (Å²) in [7, 11) is 0. The van der Waals surface area contributed by atoms with Crippen LogP contribution in [0.15, 0.2) is 46.7 Å². The molecule has 6 nitrogen and oxygen atoms in total. The zero-order valence-corrected chi connectivity index (χ0v) is 16.9. The molecule has 2 aliphatic heterocycles. The number of piperidine rings is 1. The summed E-state index contributed by atoms with van der Waals surface area (Å²) in [6.45, 7) is 1.55. The lowest BCUT2D eigenvalue weighted by Gasteiger charge is -2.34. The summed E-state index contributed by atoms with van der Waals surface area (Å²) < 4.78 is 0. The molecule has 0 bridgehead atoms. The van der Waals surface area contributed by atoms with E-state index in [2.05, 4.69) is 10.6 Å². The molecule has 146 valence electrons. The second-order valence-corrected chi connectivity index (χ2v) is 9.06. The van der Waals surface area contributed by atoms with Crippen molar-refractivity contribution in [1.29, 1.82) is 0 Å². The van der Waals surface area contributed by atoms with Crippen LogP contribution in [0.5, 0.6) is 0 Å². The maximum atomic E-state index is 12.9. The Bertz CT molecular complexity index is 877. The van der Waals surface area contributed by atoms with Crippen molar-refractivity contribution in [2.45, 2.75) is 29.5 Å². The highest BCUT2D eigenvalue weighted by atomic mass is 32.2. The summed E-state index contributed by atoms with van der Waals surface area (Å²) in [5.41, 5.74) is 0.752. The summed E-state index contributed by atoms with van der Waals surface area (Å²) in [4.78, 5) is 41.4. The SMILES string of the molecule is O=C(NCc1cccs1)C1CCN(C(=O)C2Sc3ccccc3NC2=O)CC1. The number of anilines is 1. The molecule has 2 N–H and O–H groups in total. The fourth-order valence-corrected chi connectivity index (χ4v) is 5.19. The number of nitrogens with one attached hydrogen (secondary N) is 2. The van der Waals surface area contributed by atoms with E-state index in [4.69, 9.17) is 0 Å². The fraction of sp³-hybridized carbons (Fsp3) is 0.350. The molecule has 1 fully saturated rings. The normalized spacial score (nSPS) is 19.6. The van der Waals surface area contributed by atoms with Crippen molar-refractivity contribution >= 4 is 46.5 Å². The lowest BCUT2D eigenvalue weighted by atomic mass is 9.95. The van der Waals surface area contributed by atoms with Crippen LogP contribution < -0.4 is 10.6 Å². The molecule has 4 rings (SSSR count). The minimum atomic E-state index is -0.765. The number of carbonyl (C=O) groups is 3. The van der Waals surface area contributed by atoms with Gasteiger partial charge in [0.1, 0.15) is 0 Å². The summed E-state index contributed by atoms with van der Waals surface area (Å²) in [5, 5.41) is 7.02. The third-order valence-corrected chi connectivity index (χ3v) is 7.18. The lowest BCUT2D eigenvalue weighted by Crippen LogP contribution is -2.49. The summed E-state index contributed by atoms with van der Waals surface area (Å²) in [5.74, 6) is -0.490.